The molecule has 1 aromatic rings. The van der Waals surface area contributed by atoms with Crippen LogP contribution in [0.15, 0.2) is 5.38 Å². The number of hydrogen-bond donors (Lipinski definition) is 2. The molecule has 5 nitrogen and oxygen atoms in total. The Bertz CT molecular complexity index is 539. The molecule has 0 aliphatic heterocycles. The van der Waals surface area contributed by atoms with Gasteiger partial charge in [-0.25, -0.2) is 4.98 Å². The molecule has 0 spiro atoms. The van der Waals surface area contributed by atoms with Gasteiger partial charge in [-0.1, -0.05) is 19.3 Å². The summed E-state index contributed by atoms with van der Waals surface area (Å²) in [5.74, 6) is -0.963. The van der Waals surface area contributed by atoms with Gasteiger partial charge in [-0.05, 0) is 25.7 Å². The van der Waals surface area contributed by atoms with Crippen LogP contribution in [-0.4, -0.2) is 28.0 Å². The normalized spacial score (nSPS) is 26.1. The molecule has 0 saturated heterocycles. The van der Waals surface area contributed by atoms with Crippen molar-refractivity contribution < 1.29 is 14.7 Å². The quantitative estimate of drug-likeness (QED) is 0.838. The monoisotopic (exact) mass is 308 g/mol. The number of nitrogens with zero attached hydrogens (tertiary/aromatic N) is 1. The van der Waals surface area contributed by atoms with Crippen molar-refractivity contribution in [2.75, 3.05) is 0 Å². The largest absolute Gasteiger partial charge is 0.481 e. The molecule has 6 heteroatoms. The molecular formula is C15H20N2O3S. The average molecular weight is 308 g/mol. The summed E-state index contributed by atoms with van der Waals surface area (Å²) in [6.07, 6.45) is 6.65. The second-order valence-corrected chi connectivity index (χ2v) is 6.90. The van der Waals surface area contributed by atoms with Crippen molar-refractivity contribution in [3.8, 4) is 0 Å². The van der Waals surface area contributed by atoms with E-state index in [1.807, 2.05) is 0 Å². The Labute approximate surface area is 127 Å². The Kier molecular flexibility index (Phi) is 4.24. The van der Waals surface area contributed by atoms with Crippen LogP contribution in [-0.2, 0) is 4.79 Å². The molecule has 1 heterocycles. The fraction of sp³-hybridized carbons (Fsp3) is 0.667. The number of nitrogens with one attached hydrogen (secondary N) is 1. The van der Waals surface area contributed by atoms with Gasteiger partial charge in [0.05, 0.1) is 10.9 Å². The lowest BCUT2D eigenvalue weighted by atomic mass is 9.95. The van der Waals surface area contributed by atoms with Crippen molar-refractivity contribution in [3.05, 3.63) is 16.1 Å². The summed E-state index contributed by atoms with van der Waals surface area (Å²) in [7, 11) is 0. The topological polar surface area (TPSA) is 79.3 Å². The summed E-state index contributed by atoms with van der Waals surface area (Å²) in [5, 5.41) is 15.1. The number of amides is 1. The van der Waals surface area contributed by atoms with Gasteiger partial charge in [0, 0.05) is 17.3 Å². The standard InChI is InChI=1S/C15H20N2O3S/c18-13(12-8-21-14(17-12)9-6-7-9)16-11-5-3-1-2-4-10(11)15(19)20/h8-11H,1-7H2,(H,16,18)(H,19,20)/t10-,11-/m0/s1. The molecule has 2 atom stereocenters. The first-order valence-corrected chi connectivity index (χ1v) is 8.52. The Morgan fingerprint density at radius 2 is 1.95 bits per heavy atom. The van der Waals surface area contributed by atoms with Crippen LogP contribution in [0.5, 0.6) is 0 Å². The SMILES string of the molecule is O=C(N[C@H]1CCCCC[C@@H]1C(=O)O)c1csc(C2CC2)n1. The molecule has 2 fully saturated rings. The van der Waals surface area contributed by atoms with E-state index in [1.165, 1.54) is 11.3 Å². The number of carbonyl (C=O) groups is 2. The first-order chi connectivity index (χ1) is 10.1. The molecule has 21 heavy (non-hydrogen) atoms. The summed E-state index contributed by atoms with van der Waals surface area (Å²) >= 11 is 1.53. The van der Waals surface area contributed by atoms with Crippen molar-refractivity contribution in [2.24, 2.45) is 5.92 Å². The van der Waals surface area contributed by atoms with Crippen molar-refractivity contribution in [3.63, 3.8) is 0 Å². The minimum Gasteiger partial charge on any atom is -0.481 e. The van der Waals surface area contributed by atoms with Gasteiger partial charge in [0.25, 0.3) is 5.91 Å². The van der Waals surface area contributed by atoms with Crippen LogP contribution in [0.2, 0.25) is 0 Å². The first-order valence-electron chi connectivity index (χ1n) is 7.64. The lowest BCUT2D eigenvalue weighted by Gasteiger charge is -2.22. The first kappa shape index (κ1) is 14.5. The fourth-order valence-electron chi connectivity index (χ4n) is 2.93. The van der Waals surface area contributed by atoms with Gasteiger partial charge in [-0.3, -0.25) is 9.59 Å². The number of carbonyl (C=O) groups excluding carboxylic acids is 1. The van der Waals surface area contributed by atoms with E-state index in [0.717, 1.165) is 43.5 Å². The van der Waals surface area contributed by atoms with E-state index in [2.05, 4.69) is 10.3 Å². The fourth-order valence-corrected chi connectivity index (χ4v) is 3.90. The molecule has 3 rings (SSSR count). The predicted molar refractivity (Wildman–Crippen MR) is 79.6 cm³/mol. The predicted octanol–water partition coefficient (Wildman–Crippen LogP) is 2.78. The highest BCUT2D eigenvalue weighted by Gasteiger charge is 2.32. The van der Waals surface area contributed by atoms with Gasteiger partial charge < -0.3 is 10.4 Å². The van der Waals surface area contributed by atoms with Gasteiger partial charge in [0.2, 0.25) is 0 Å². The number of rotatable bonds is 4. The van der Waals surface area contributed by atoms with Gasteiger partial charge in [0.15, 0.2) is 0 Å². The molecular weight excluding hydrogens is 288 g/mol. The number of aliphatic carboxylic acids is 1. The van der Waals surface area contributed by atoms with E-state index in [-0.39, 0.29) is 11.9 Å². The highest BCUT2D eigenvalue weighted by molar-refractivity contribution is 7.10. The minimum atomic E-state index is -0.806. The van der Waals surface area contributed by atoms with Crippen LogP contribution in [0.25, 0.3) is 0 Å². The zero-order valence-corrected chi connectivity index (χ0v) is 12.7. The van der Waals surface area contributed by atoms with Gasteiger partial charge in [-0.2, -0.15) is 0 Å². The smallest absolute Gasteiger partial charge is 0.308 e. The second-order valence-electron chi connectivity index (χ2n) is 6.01. The Morgan fingerprint density at radius 3 is 2.67 bits per heavy atom. The maximum absolute atomic E-state index is 12.3. The van der Waals surface area contributed by atoms with Crippen LogP contribution < -0.4 is 5.32 Å². The Morgan fingerprint density at radius 1 is 1.19 bits per heavy atom. The zero-order chi connectivity index (χ0) is 14.8. The third-order valence-electron chi connectivity index (χ3n) is 4.33. The molecule has 0 unspecified atom stereocenters. The zero-order valence-electron chi connectivity index (χ0n) is 11.9. The second kappa shape index (κ2) is 6.13. The van der Waals surface area contributed by atoms with Crippen LogP contribution in [0, 0.1) is 5.92 Å². The number of carboxylic acids is 1. The van der Waals surface area contributed by atoms with Crippen molar-refractivity contribution in [1.82, 2.24) is 10.3 Å². The van der Waals surface area contributed by atoms with E-state index in [4.69, 9.17) is 0 Å². The van der Waals surface area contributed by atoms with E-state index in [9.17, 15) is 14.7 Å². The van der Waals surface area contributed by atoms with Crippen LogP contribution >= 0.6 is 11.3 Å². The molecule has 0 bridgehead atoms. The molecule has 2 aliphatic rings. The summed E-state index contributed by atoms with van der Waals surface area (Å²) in [5.41, 5.74) is 0.440. The Hall–Kier alpha value is -1.43. The summed E-state index contributed by atoms with van der Waals surface area (Å²) < 4.78 is 0. The molecule has 114 valence electrons. The maximum atomic E-state index is 12.3. The van der Waals surface area contributed by atoms with Crippen LogP contribution in [0.4, 0.5) is 0 Å². The summed E-state index contributed by atoms with van der Waals surface area (Å²) in [4.78, 5) is 28.1. The summed E-state index contributed by atoms with van der Waals surface area (Å²) in [6, 6.07) is -0.274. The highest BCUT2D eigenvalue weighted by atomic mass is 32.1. The molecule has 1 aromatic heterocycles. The molecule has 2 aliphatic carbocycles. The number of carboxylic acid groups (broad SMARTS) is 1. The van der Waals surface area contributed by atoms with Crippen LogP contribution in [0.3, 0.4) is 0 Å². The lowest BCUT2D eigenvalue weighted by Crippen LogP contribution is -2.43. The van der Waals surface area contributed by atoms with Crippen molar-refractivity contribution in [2.45, 2.75) is 56.9 Å². The third-order valence-corrected chi connectivity index (χ3v) is 5.34. The third kappa shape index (κ3) is 3.43. The van der Waals surface area contributed by atoms with Crippen molar-refractivity contribution >= 4 is 23.2 Å². The van der Waals surface area contributed by atoms with E-state index >= 15 is 0 Å². The van der Waals surface area contributed by atoms with Crippen molar-refractivity contribution in [1.29, 1.82) is 0 Å². The van der Waals surface area contributed by atoms with E-state index < -0.39 is 11.9 Å². The highest BCUT2D eigenvalue weighted by Crippen LogP contribution is 2.41. The van der Waals surface area contributed by atoms with Gasteiger partial charge >= 0.3 is 5.97 Å². The minimum absolute atomic E-state index is 0.226. The molecule has 0 radical (unpaired) electrons. The number of thiazole rings is 1. The summed E-state index contributed by atoms with van der Waals surface area (Å²) in [6.45, 7) is 0. The molecule has 0 aromatic carbocycles. The van der Waals surface area contributed by atoms with E-state index in [1.54, 1.807) is 5.38 Å². The van der Waals surface area contributed by atoms with Crippen LogP contribution in [0.1, 0.15) is 66.4 Å². The molecule has 2 saturated carbocycles. The average Bonchev–Trinajstić information content (AvgIpc) is 3.22. The van der Waals surface area contributed by atoms with E-state index in [0.29, 0.717) is 18.0 Å². The van der Waals surface area contributed by atoms with Gasteiger partial charge in [0.1, 0.15) is 5.69 Å². The molecule has 2 N–H and O–H groups in total. The Balaban J connectivity index is 1.67. The number of hydrogen-bond acceptors (Lipinski definition) is 4. The number of aromatic nitrogens is 1. The van der Waals surface area contributed by atoms with Gasteiger partial charge in [-0.15, -0.1) is 11.3 Å². The molecule has 1 amide bonds. The maximum Gasteiger partial charge on any atom is 0.308 e. The lowest BCUT2D eigenvalue weighted by molar-refractivity contribution is -0.142.